The fraction of sp³-hybridized carbons (Fsp3) is 0.412. The van der Waals surface area contributed by atoms with Gasteiger partial charge in [0.15, 0.2) is 0 Å². The maximum Gasteiger partial charge on any atom is 0.267 e. The molecule has 0 fully saturated rings. The average molecular weight is 319 g/mol. The molecule has 0 aliphatic carbocycles. The first-order valence-corrected chi connectivity index (χ1v) is 8.37. The zero-order chi connectivity index (χ0) is 16.3. The summed E-state index contributed by atoms with van der Waals surface area (Å²) < 4.78 is 5.42. The Morgan fingerprint density at radius 2 is 1.73 bits per heavy atom. The number of carbonyl (C=O) groups is 2. The van der Waals surface area contributed by atoms with Crippen LogP contribution in [-0.2, 0) is 9.59 Å². The number of hydrogen-bond donors (Lipinski definition) is 0. The number of likely N-dealkylation sites (N-methyl/N-ethyl adjacent to an activating group) is 1. The van der Waals surface area contributed by atoms with Crippen molar-refractivity contribution in [3.05, 3.63) is 34.7 Å². The van der Waals surface area contributed by atoms with Crippen LogP contribution in [0.25, 0.3) is 5.57 Å². The molecule has 0 spiro atoms. The fourth-order valence-corrected chi connectivity index (χ4v) is 3.33. The van der Waals surface area contributed by atoms with E-state index >= 15 is 0 Å². The summed E-state index contributed by atoms with van der Waals surface area (Å²) in [6.07, 6.45) is 0. The Hall–Kier alpha value is -1.75. The van der Waals surface area contributed by atoms with Crippen LogP contribution in [0.15, 0.2) is 29.2 Å². The van der Waals surface area contributed by atoms with Crippen molar-refractivity contribution in [2.24, 2.45) is 0 Å². The van der Waals surface area contributed by atoms with E-state index in [-0.39, 0.29) is 17.1 Å². The largest absolute Gasteiger partial charge is 0.494 e. The van der Waals surface area contributed by atoms with E-state index in [9.17, 15) is 9.59 Å². The molecule has 0 saturated carbocycles. The summed E-state index contributed by atoms with van der Waals surface area (Å²) in [5.41, 5.74) is 1.27. The van der Waals surface area contributed by atoms with Gasteiger partial charge in [-0.3, -0.25) is 14.5 Å². The molecule has 1 heterocycles. The van der Waals surface area contributed by atoms with E-state index in [1.165, 1.54) is 16.7 Å². The lowest BCUT2D eigenvalue weighted by molar-refractivity contribution is -0.136. The molecule has 1 aromatic carbocycles. The van der Waals surface area contributed by atoms with Crippen molar-refractivity contribution in [2.45, 2.75) is 32.9 Å². The van der Waals surface area contributed by atoms with Crippen LogP contribution >= 0.6 is 11.8 Å². The molecule has 0 atom stereocenters. The molecule has 0 bridgehead atoms. The van der Waals surface area contributed by atoms with Crippen LogP contribution in [0.4, 0.5) is 0 Å². The van der Waals surface area contributed by atoms with Gasteiger partial charge >= 0.3 is 0 Å². The zero-order valence-corrected chi connectivity index (χ0v) is 14.2. The molecule has 1 aliphatic heterocycles. The van der Waals surface area contributed by atoms with E-state index in [0.29, 0.717) is 23.6 Å². The molecule has 0 radical (unpaired) electrons. The molecule has 2 amide bonds. The highest BCUT2D eigenvalue weighted by atomic mass is 32.2. The number of nitrogens with zero attached hydrogens (tertiary/aromatic N) is 1. The van der Waals surface area contributed by atoms with Gasteiger partial charge in [0.1, 0.15) is 5.75 Å². The van der Waals surface area contributed by atoms with Gasteiger partial charge in [-0.15, -0.1) is 11.8 Å². The van der Waals surface area contributed by atoms with Crippen molar-refractivity contribution in [3.63, 3.8) is 0 Å². The monoisotopic (exact) mass is 319 g/mol. The van der Waals surface area contributed by atoms with Gasteiger partial charge in [0.05, 0.1) is 17.1 Å². The highest BCUT2D eigenvalue weighted by Gasteiger charge is 2.38. The molecule has 1 aliphatic rings. The van der Waals surface area contributed by atoms with Crippen LogP contribution in [0.5, 0.6) is 5.75 Å². The Labute approximate surface area is 135 Å². The first kappa shape index (κ1) is 16.6. The van der Waals surface area contributed by atoms with Crippen LogP contribution in [0.2, 0.25) is 0 Å². The van der Waals surface area contributed by atoms with Crippen molar-refractivity contribution in [1.29, 1.82) is 0 Å². The number of ether oxygens (including phenoxy) is 1. The molecular weight excluding hydrogens is 298 g/mol. The molecule has 0 saturated heterocycles. The second kappa shape index (κ2) is 7.01. The predicted octanol–water partition coefficient (Wildman–Crippen LogP) is 3.33. The molecule has 118 valence electrons. The summed E-state index contributed by atoms with van der Waals surface area (Å²) in [4.78, 5) is 26.8. The minimum absolute atomic E-state index is 0.185. The number of carbonyl (C=O) groups excluding carboxylic acids is 2. The van der Waals surface area contributed by atoms with Gasteiger partial charge in [0.25, 0.3) is 11.8 Å². The molecule has 0 unspecified atom stereocenters. The third-order valence-corrected chi connectivity index (χ3v) is 4.34. The number of hydrogen-bond acceptors (Lipinski definition) is 4. The Morgan fingerprint density at radius 3 is 2.23 bits per heavy atom. The number of imide groups is 1. The van der Waals surface area contributed by atoms with Gasteiger partial charge in [-0.05, 0) is 31.5 Å². The number of benzene rings is 1. The number of amides is 2. The Kier molecular flexibility index (Phi) is 5.29. The summed E-state index contributed by atoms with van der Waals surface area (Å²) in [5, 5.41) is 0.237. The Bertz CT molecular complexity index is 605. The van der Waals surface area contributed by atoms with E-state index in [1.807, 2.05) is 52.0 Å². The first-order chi connectivity index (χ1) is 10.5. The van der Waals surface area contributed by atoms with Crippen LogP contribution < -0.4 is 4.74 Å². The second-order valence-corrected chi connectivity index (χ2v) is 6.77. The molecule has 1 aromatic rings. The van der Waals surface area contributed by atoms with Gasteiger partial charge in [-0.2, -0.15) is 0 Å². The molecule has 2 rings (SSSR count). The van der Waals surface area contributed by atoms with Gasteiger partial charge in [0.2, 0.25) is 0 Å². The SMILES string of the molecule is CCOc1ccc(C2=C(SC(C)C)C(=O)N(CC)C2=O)cc1. The highest BCUT2D eigenvalue weighted by Crippen LogP contribution is 2.38. The topological polar surface area (TPSA) is 46.6 Å². The van der Waals surface area contributed by atoms with Gasteiger partial charge in [-0.1, -0.05) is 26.0 Å². The van der Waals surface area contributed by atoms with E-state index in [0.717, 1.165) is 11.3 Å². The van der Waals surface area contributed by atoms with Crippen molar-refractivity contribution in [2.75, 3.05) is 13.2 Å². The standard InChI is InChI=1S/C17H21NO3S/c1-5-18-16(19)14(15(17(18)20)22-11(3)4)12-7-9-13(10-8-12)21-6-2/h7-11H,5-6H2,1-4H3. The van der Waals surface area contributed by atoms with E-state index in [2.05, 4.69) is 0 Å². The summed E-state index contributed by atoms with van der Waals surface area (Å²) >= 11 is 1.45. The third-order valence-electron chi connectivity index (χ3n) is 3.25. The molecule has 0 N–H and O–H groups in total. The Balaban J connectivity index is 2.44. The van der Waals surface area contributed by atoms with Crippen molar-refractivity contribution in [3.8, 4) is 5.75 Å². The van der Waals surface area contributed by atoms with Crippen LogP contribution in [0, 0.1) is 0 Å². The zero-order valence-electron chi connectivity index (χ0n) is 13.4. The average Bonchev–Trinajstić information content (AvgIpc) is 2.71. The van der Waals surface area contributed by atoms with Gasteiger partial charge < -0.3 is 4.74 Å². The fourth-order valence-electron chi connectivity index (χ4n) is 2.33. The normalized spacial score (nSPS) is 15.2. The number of rotatable bonds is 6. The maximum atomic E-state index is 12.6. The van der Waals surface area contributed by atoms with Crippen LogP contribution in [-0.4, -0.2) is 35.1 Å². The summed E-state index contributed by atoms with van der Waals surface area (Å²) in [6.45, 7) is 8.75. The Morgan fingerprint density at radius 1 is 1.09 bits per heavy atom. The summed E-state index contributed by atoms with van der Waals surface area (Å²) in [7, 11) is 0. The quantitative estimate of drug-likeness (QED) is 0.755. The lowest BCUT2D eigenvalue weighted by Gasteiger charge is -2.11. The third kappa shape index (κ3) is 3.19. The summed E-state index contributed by atoms with van der Waals surface area (Å²) in [5.74, 6) is 0.365. The van der Waals surface area contributed by atoms with Crippen molar-refractivity contribution >= 4 is 29.1 Å². The van der Waals surface area contributed by atoms with Crippen molar-refractivity contribution in [1.82, 2.24) is 4.90 Å². The molecule has 4 nitrogen and oxygen atoms in total. The molecule has 0 aromatic heterocycles. The minimum atomic E-state index is -0.209. The van der Waals surface area contributed by atoms with Crippen LogP contribution in [0.1, 0.15) is 33.3 Å². The van der Waals surface area contributed by atoms with E-state index in [1.54, 1.807) is 0 Å². The highest BCUT2D eigenvalue weighted by molar-refractivity contribution is 8.04. The molecule has 22 heavy (non-hydrogen) atoms. The predicted molar refractivity (Wildman–Crippen MR) is 89.7 cm³/mol. The summed E-state index contributed by atoms with van der Waals surface area (Å²) in [6, 6.07) is 7.34. The van der Waals surface area contributed by atoms with Gasteiger partial charge in [-0.25, -0.2) is 0 Å². The maximum absolute atomic E-state index is 12.6. The lowest BCUT2D eigenvalue weighted by Crippen LogP contribution is -2.31. The molecule has 5 heteroatoms. The van der Waals surface area contributed by atoms with Crippen LogP contribution in [0.3, 0.4) is 0 Å². The van der Waals surface area contributed by atoms with E-state index in [4.69, 9.17) is 4.74 Å². The smallest absolute Gasteiger partial charge is 0.267 e. The minimum Gasteiger partial charge on any atom is -0.494 e. The van der Waals surface area contributed by atoms with Gasteiger partial charge in [0, 0.05) is 11.8 Å². The van der Waals surface area contributed by atoms with E-state index < -0.39 is 0 Å². The molecular formula is C17H21NO3S. The number of thioether (sulfide) groups is 1. The van der Waals surface area contributed by atoms with Crippen molar-refractivity contribution < 1.29 is 14.3 Å². The second-order valence-electron chi connectivity index (χ2n) is 5.18. The lowest BCUT2D eigenvalue weighted by atomic mass is 10.1. The first-order valence-electron chi connectivity index (χ1n) is 7.49.